The zero-order chi connectivity index (χ0) is 22.4. The third kappa shape index (κ3) is 5.17. The van der Waals surface area contributed by atoms with Crippen molar-refractivity contribution in [3.8, 4) is 11.5 Å². The molecule has 1 unspecified atom stereocenters. The number of carbonyl (C=O) groups is 3. The number of hydrogen-bond acceptors (Lipinski definition) is 6. The van der Waals surface area contributed by atoms with E-state index in [0.29, 0.717) is 28.3 Å². The molecule has 0 aliphatic heterocycles. The molecule has 0 aliphatic rings. The number of H-pyrrole nitrogens is 1. The van der Waals surface area contributed by atoms with Crippen LogP contribution in [0.25, 0.3) is 6.08 Å². The molecule has 7 nitrogen and oxygen atoms in total. The van der Waals surface area contributed by atoms with Gasteiger partial charge in [0.25, 0.3) is 0 Å². The van der Waals surface area contributed by atoms with E-state index in [4.69, 9.17) is 14.2 Å². The normalized spacial score (nSPS) is 11.9. The number of esters is 1. The average molecular weight is 413 g/mol. The number of ketones is 2. The van der Waals surface area contributed by atoms with Crippen molar-refractivity contribution in [1.82, 2.24) is 4.98 Å². The van der Waals surface area contributed by atoms with Crippen molar-refractivity contribution in [2.75, 3.05) is 13.7 Å². The number of ether oxygens (including phenoxy) is 3. The van der Waals surface area contributed by atoms with E-state index >= 15 is 0 Å². The van der Waals surface area contributed by atoms with E-state index in [0.717, 1.165) is 5.56 Å². The summed E-state index contributed by atoms with van der Waals surface area (Å²) in [7, 11) is 1.51. The summed E-state index contributed by atoms with van der Waals surface area (Å²) >= 11 is 0. The molecule has 7 heteroatoms. The molecular weight excluding hydrogens is 386 g/mol. The second-order valence-electron chi connectivity index (χ2n) is 6.88. The highest BCUT2D eigenvalue weighted by Gasteiger charge is 2.26. The van der Waals surface area contributed by atoms with Crippen molar-refractivity contribution in [2.45, 2.75) is 40.7 Å². The van der Waals surface area contributed by atoms with E-state index < -0.39 is 17.9 Å². The van der Waals surface area contributed by atoms with Gasteiger partial charge >= 0.3 is 5.97 Å². The molecule has 2 rings (SSSR count). The van der Waals surface area contributed by atoms with Crippen LogP contribution in [0, 0.1) is 13.8 Å². The van der Waals surface area contributed by atoms with Crippen LogP contribution in [0.1, 0.15) is 58.4 Å². The Kier molecular flexibility index (Phi) is 7.58. The van der Waals surface area contributed by atoms with E-state index in [2.05, 4.69) is 4.98 Å². The zero-order valence-corrected chi connectivity index (χ0v) is 18.1. The number of aromatic nitrogens is 1. The molecule has 0 aliphatic carbocycles. The first kappa shape index (κ1) is 22.9. The molecule has 0 amide bonds. The topological polar surface area (TPSA) is 94.7 Å². The van der Waals surface area contributed by atoms with Gasteiger partial charge in [-0.25, -0.2) is 4.79 Å². The smallest absolute Gasteiger partial charge is 0.344 e. The van der Waals surface area contributed by atoms with Gasteiger partial charge in [-0.1, -0.05) is 18.2 Å². The Morgan fingerprint density at radius 2 is 1.87 bits per heavy atom. The summed E-state index contributed by atoms with van der Waals surface area (Å²) in [4.78, 5) is 39.5. The summed E-state index contributed by atoms with van der Waals surface area (Å²) < 4.78 is 16.0. The van der Waals surface area contributed by atoms with Crippen LogP contribution >= 0.6 is 0 Å². The summed E-state index contributed by atoms with van der Waals surface area (Å²) in [5, 5.41) is 0. The summed E-state index contributed by atoms with van der Waals surface area (Å²) in [5.74, 6) is -0.360. The van der Waals surface area contributed by atoms with Crippen molar-refractivity contribution in [3.05, 3.63) is 52.4 Å². The third-order valence-electron chi connectivity index (χ3n) is 4.61. The van der Waals surface area contributed by atoms with Crippen molar-refractivity contribution in [2.24, 2.45) is 0 Å². The summed E-state index contributed by atoms with van der Waals surface area (Å²) in [5.41, 5.74) is 2.84. The number of allylic oxidation sites excluding steroid dienone is 1. The highest BCUT2D eigenvalue weighted by atomic mass is 16.6. The number of aryl methyl sites for hydroxylation is 1. The van der Waals surface area contributed by atoms with E-state index in [1.54, 1.807) is 26.0 Å². The molecule has 1 heterocycles. The lowest BCUT2D eigenvalue weighted by Gasteiger charge is -2.14. The molecule has 30 heavy (non-hydrogen) atoms. The molecule has 1 aromatic carbocycles. The summed E-state index contributed by atoms with van der Waals surface area (Å²) in [6, 6.07) is 5.32. The monoisotopic (exact) mass is 413 g/mol. The minimum atomic E-state index is -1.03. The van der Waals surface area contributed by atoms with Crippen LogP contribution in [0.5, 0.6) is 11.5 Å². The first-order chi connectivity index (χ1) is 14.2. The number of hydrogen-bond donors (Lipinski definition) is 1. The minimum absolute atomic E-state index is 0.132. The molecule has 0 bridgehead atoms. The Labute approximate surface area is 176 Å². The maximum atomic E-state index is 12.7. The number of carbonyl (C=O) groups excluding carboxylic acids is 3. The SMILES string of the molecule is C/C=C/c1ccc(OCC(=O)OC(C)C(=O)c2[nH]c(C)c(C(C)=O)c2C)c(OC)c1. The lowest BCUT2D eigenvalue weighted by Crippen LogP contribution is -2.28. The Morgan fingerprint density at radius 3 is 2.43 bits per heavy atom. The van der Waals surface area contributed by atoms with E-state index in [1.165, 1.54) is 21.0 Å². The molecule has 0 saturated heterocycles. The van der Waals surface area contributed by atoms with Gasteiger partial charge in [-0.2, -0.15) is 0 Å². The number of benzene rings is 1. The lowest BCUT2D eigenvalue weighted by atomic mass is 10.0. The third-order valence-corrected chi connectivity index (χ3v) is 4.61. The quantitative estimate of drug-likeness (QED) is 0.492. The van der Waals surface area contributed by atoms with Crippen LogP contribution in [0.4, 0.5) is 0 Å². The van der Waals surface area contributed by atoms with E-state index in [1.807, 2.05) is 25.1 Å². The average Bonchev–Trinajstić information content (AvgIpc) is 3.00. The van der Waals surface area contributed by atoms with Crippen molar-refractivity contribution in [1.29, 1.82) is 0 Å². The Balaban J connectivity index is 2.02. The van der Waals surface area contributed by atoms with Crippen LogP contribution in [0.15, 0.2) is 24.3 Å². The first-order valence-corrected chi connectivity index (χ1v) is 9.56. The molecule has 0 spiro atoms. The van der Waals surface area contributed by atoms with Gasteiger partial charge in [0.2, 0.25) is 5.78 Å². The molecule has 1 atom stereocenters. The second-order valence-corrected chi connectivity index (χ2v) is 6.88. The lowest BCUT2D eigenvalue weighted by molar-refractivity contribution is -0.148. The maximum Gasteiger partial charge on any atom is 0.344 e. The van der Waals surface area contributed by atoms with Gasteiger partial charge in [0, 0.05) is 11.3 Å². The summed E-state index contributed by atoms with van der Waals surface area (Å²) in [6.45, 7) is 7.87. The summed E-state index contributed by atoms with van der Waals surface area (Å²) in [6.07, 6.45) is 2.78. The second kappa shape index (κ2) is 9.91. The van der Waals surface area contributed by atoms with Crippen LogP contribution in [-0.4, -0.2) is 42.3 Å². The number of methoxy groups -OCH3 is 1. The Bertz CT molecular complexity index is 986. The fourth-order valence-electron chi connectivity index (χ4n) is 3.25. The number of Topliss-reactive ketones (excluding diaryl/α,β-unsaturated/α-hetero) is 2. The van der Waals surface area contributed by atoms with Gasteiger partial charge in [0.1, 0.15) is 0 Å². The van der Waals surface area contributed by atoms with Gasteiger partial charge in [0.05, 0.1) is 12.8 Å². The predicted molar refractivity (Wildman–Crippen MR) is 113 cm³/mol. The van der Waals surface area contributed by atoms with Gasteiger partial charge in [-0.05, 0) is 57.9 Å². The number of nitrogens with one attached hydrogen (secondary N) is 1. The van der Waals surface area contributed by atoms with Gasteiger partial charge < -0.3 is 19.2 Å². The fraction of sp³-hybridized carbons (Fsp3) is 0.348. The zero-order valence-electron chi connectivity index (χ0n) is 18.1. The van der Waals surface area contributed by atoms with Crippen LogP contribution < -0.4 is 9.47 Å². The molecule has 0 fully saturated rings. The highest BCUT2D eigenvalue weighted by molar-refractivity contribution is 6.05. The molecule has 0 radical (unpaired) electrons. The molecule has 160 valence electrons. The number of rotatable bonds is 9. The molecule has 0 saturated carbocycles. The van der Waals surface area contributed by atoms with Crippen LogP contribution in [0.2, 0.25) is 0 Å². The fourth-order valence-corrected chi connectivity index (χ4v) is 3.25. The van der Waals surface area contributed by atoms with E-state index in [9.17, 15) is 14.4 Å². The first-order valence-electron chi connectivity index (χ1n) is 9.56. The maximum absolute atomic E-state index is 12.7. The molecule has 1 N–H and O–H groups in total. The molecular formula is C23H27NO6. The Morgan fingerprint density at radius 1 is 1.17 bits per heavy atom. The molecule has 2 aromatic rings. The standard InChI is InChI=1S/C23H27NO6/c1-7-8-17-9-10-18(19(11-17)28-6)29-12-20(26)30-16(5)23(27)22-13(2)21(15(4)25)14(3)24-22/h7-11,16,24H,12H2,1-6H3/b8-7+. The Hall–Kier alpha value is -3.35. The van der Waals surface area contributed by atoms with Crippen molar-refractivity contribution in [3.63, 3.8) is 0 Å². The van der Waals surface area contributed by atoms with Crippen LogP contribution in [0.3, 0.4) is 0 Å². The van der Waals surface area contributed by atoms with Crippen molar-refractivity contribution < 1.29 is 28.6 Å². The largest absolute Gasteiger partial charge is 0.493 e. The highest BCUT2D eigenvalue weighted by Crippen LogP contribution is 2.28. The van der Waals surface area contributed by atoms with Crippen molar-refractivity contribution >= 4 is 23.6 Å². The van der Waals surface area contributed by atoms with Crippen LogP contribution in [-0.2, 0) is 9.53 Å². The molecule has 1 aromatic heterocycles. The van der Waals surface area contributed by atoms with Gasteiger partial charge in [0.15, 0.2) is 30.0 Å². The predicted octanol–water partition coefficient (Wildman–Crippen LogP) is 4.07. The van der Waals surface area contributed by atoms with Gasteiger partial charge in [-0.15, -0.1) is 0 Å². The van der Waals surface area contributed by atoms with Gasteiger partial charge in [-0.3, -0.25) is 9.59 Å². The van der Waals surface area contributed by atoms with E-state index in [-0.39, 0.29) is 18.1 Å². The number of aromatic amines is 1. The minimum Gasteiger partial charge on any atom is -0.493 e.